The van der Waals surface area contributed by atoms with Gasteiger partial charge < -0.3 is 4.42 Å². The van der Waals surface area contributed by atoms with Crippen LogP contribution in [0.15, 0.2) is 108 Å². The van der Waals surface area contributed by atoms with E-state index in [-0.39, 0.29) is 5.41 Å². The van der Waals surface area contributed by atoms with Gasteiger partial charge >= 0.3 is 0 Å². The van der Waals surface area contributed by atoms with Gasteiger partial charge in [0.1, 0.15) is 11.2 Å². The maximum absolute atomic E-state index is 6.41. The van der Waals surface area contributed by atoms with Crippen LogP contribution >= 0.6 is 0 Å². The lowest BCUT2D eigenvalue weighted by atomic mass is 9.81. The molecule has 0 saturated carbocycles. The maximum atomic E-state index is 6.41. The number of nitrogens with zero attached hydrogens (tertiary/aromatic N) is 1. The third-order valence-electron chi connectivity index (χ3n) is 7.40. The number of pyridine rings is 1. The molecule has 0 fully saturated rings. The van der Waals surface area contributed by atoms with Crippen LogP contribution in [0.4, 0.5) is 0 Å². The molecule has 7 rings (SSSR count). The number of fused-ring (bicyclic) bond motifs is 7. The highest BCUT2D eigenvalue weighted by Crippen LogP contribution is 2.53. The van der Waals surface area contributed by atoms with E-state index in [1.165, 1.54) is 49.7 Å². The van der Waals surface area contributed by atoms with Crippen LogP contribution in [0.25, 0.3) is 55.3 Å². The molecule has 1 aliphatic rings. The minimum absolute atomic E-state index is 0.0938. The highest BCUT2D eigenvalue weighted by Gasteiger charge is 2.37. The summed E-state index contributed by atoms with van der Waals surface area (Å²) in [6.07, 6.45) is 3.71. The Morgan fingerprint density at radius 1 is 0.647 bits per heavy atom. The predicted octanol–water partition coefficient (Wildman–Crippen LogP) is 8.62. The largest absolute Gasteiger partial charge is 0.455 e. The van der Waals surface area contributed by atoms with Crippen molar-refractivity contribution >= 4 is 21.9 Å². The lowest BCUT2D eigenvalue weighted by Crippen LogP contribution is -2.14. The van der Waals surface area contributed by atoms with Gasteiger partial charge in [0.05, 0.1) is 0 Å². The third-order valence-corrected chi connectivity index (χ3v) is 7.40. The minimum Gasteiger partial charge on any atom is -0.455 e. The number of hydrogen-bond acceptors (Lipinski definition) is 2. The average Bonchev–Trinajstić information content (AvgIpc) is 3.37. The lowest BCUT2D eigenvalue weighted by Gasteiger charge is -2.22. The first kappa shape index (κ1) is 19.3. The molecule has 0 unspecified atom stereocenters. The minimum atomic E-state index is -0.0938. The van der Waals surface area contributed by atoms with Gasteiger partial charge in [0.2, 0.25) is 0 Å². The molecule has 162 valence electrons. The molecule has 0 saturated heterocycles. The molecule has 2 heterocycles. The second-order valence-electron chi connectivity index (χ2n) is 9.67. The summed E-state index contributed by atoms with van der Waals surface area (Å²) in [7, 11) is 0. The van der Waals surface area contributed by atoms with Crippen LogP contribution in [0.5, 0.6) is 0 Å². The Hall–Kier alpha value is -4.17. The zero-order valence-electron chi connectivity index (χ0n) is 19.2. The number of furan rings is 1. The van der Waals surface area contributed by atoms with E-state index in [1.54, 1.807) is 6.20 Å². The highest BCUT2D eigenvalue weighted by atomic mass is 16.3. The number of hydrogen-bond donors (Lipinski definition) is 0. The van der Waals surface area contributed by atoms with Crippen LogP contribution < -0.4 is 0 Å². The normalized spacial score (nSPS) is 13.8. The summed E-state index contributed by atoms with van der Waals surface area (Å²) in [6, 6.07) is 32.6. The van der Waals surface area contributed by atoms with Crippen molar-refractivity contribution < 1.29 is 4.42 Å². The van der Waals surface area contributed by atoms with Gasteiger partial charge in [0.25, 0.3) is 0 Å². The molecule has 0 bridgehead atoms. The molecule has 6 aromatic rings. The Labute approximate surface area is 198 Å². The Morgan fingerprint density at radius 3 is 2.21 bits per heavy atom. The van der Waals surface area contributed by atoms with E-state index < -0.39 is 0 Å². The second-order valence-corrected chi connectivity index (χ2v) is 9.67. The van der Waals surface area contributed by atoms with Crippen molar-refractivity contribution in [3.05, 3.63) is 115 Å². The fraction of sp³-hybridized carbons (Fsp3) is 0.0938. The van der Waals surface area contributed by atoms with Crippen molar-refractivity contribution in [1.82, 2.24) is 4.98 Å². The summed E-state index contributed by atoms with van der Waals surface area (Å²) in [5.74, 6) is 0. The molecule has 2 heteroatoms. The lowest BCUT2D eigenvalue weighted by molar-refractivity contribution is 0.653. The summed E-state index contributed by atoms with van der Waals surface area (Å²) in [4.78, 5) is 4.24. The zero-order valence-corrected chi connectivity index (χ0v) is 19.2. The Balaban J connectivity index is 1.37. The monoisotopic (exact) mass is 437 g/mol. The molecule has 0 aliphatic heterocycles. The van der Waals surface area contributed by atoms with E-state index in [9.17, 15) is 0 Å². The van der Waals surface area contributed by atoms with Crippen LogP contribution in [0.3, 0.4) is 0 Å². The van der Waals surface area contributed by atoms with Gasteiger partial charge in [-0.1, -0.05) is 86.6 Å². The fourth-order valence-corrected chi connectivity index (χ4v) is 5.57. The number of para-hydroxylation sites is 1. The van der Waals surface area contributed by atoms with Gasteiger partial charge in [-0.3, -0.25) is 4.98 Å². The molecule has 2 nitrogen and oxygen atoms in total. The van der Waals surface area contributed by atoms with Gasteiger partial charge in [-0.05, 0) is 57.1 Å². The van der Waals surface area contributed by atoms with Gasteiger partial charge in [-0.25, -0.2) is 0 Å². The molecule has 0 atom stereocenters. The van der Waals surface area contributed by atoms with Crippen molar-refractivity contribution in [1.29, 1.82) is 0 Å². The van der Waals surface area contributed by atoms with Crippen molar-refractivity contribution in [3.8, 4) is 33.4 Å². The topological polar surface area (TPSA) is 26.0 Å². The molecular weight excluding hydrogens is 414 g/mol. The van der Waals surface area contributed by atoms with Gasteiger partial charge in [0, 0.05) is 34.1 Å². The highest BCUT2D eigenvalue weighted by molar-refractivity contribution is 6.11. The van der Waals surface area contributed by atoms with Crippen molar-refractivity contribution in [2.75, 3.05) is 0 Å². The van der Waals surface area contributed by atoms with E-state index >= 15 is 0 Å². The summed E-state index contributed by atoms with van der Waals surface area (Å²) in [5.41, 5.74) is 11.8. The first-order chi connectivity index (χ1) is 16.6. The smallest absolute Gasteiger partial charge is 0.143 e. The third kappa shape index (κ3) is 2.66. The van der Waals surface area contributed by atoms with Gasteiger partial charge in [-0.15, -0.1) is 0 Å². The van der Waals surface area contributed by atoms with Crippen LogP contribution in [0.1, 0.15) is 25.0 Å². The summed E-state index contributed by atoms with van der Waals surface area (Å²) in [6.45, 7) is 4.64. The molecule has 0 amide bonds. The van der Waals surface area contributed by atoms with E-state index in [0.717, 1.165) is 16.7 Å². The second kappa shape index (κ2) is 6.91. The van der Waals surface area contributed by atoms with Crippen molar-refractivity contribution in [3.63, 3.8) is 0 Å². The summed E-state index contributed by atoms with van der Waals surface area (Å²) >= 11 is 0. The van der Waals surface area contributed by atoms with Crippen LogP contribution in [-0.2, 0) is 5.41 Å². The van der Waals surface area contributed by atoms with E-state index in [1.807, 2.05) is 18.3 Å². The van der Waals surface area contributed by atoms with E-state index in [4.69, 9.17) is 4.42 Å². The predicted molar refractivity (Wildman–Crippen MR) is 140 cm³/mol. The van der Waals surface area contributed by atoms with Crippen LogP contribution in [-0.4, -0.2) is 4.98 Å². The zero-order chi connectivity index (χ0) is 22.9. The number of rotatable bonds is 2. The average molecular weight is 438 g/mol. The summed E-state index contributed by atoms with van der Waals surface area (Å²) in [5, 5.41) is 2.37. The van der Waals surface area contributed by atoms with Crippen molar-refractivity contribution in [2.45, 2.75) is 19.3 Å². The van der Waals surface area contributed by atoms with E-state index in [0.29, 0.717) is 0 Å². The van der Waals surface area contributed by atoms with Crippen LogP contribution in [0.2, 0.25) is 0 Å². The van der Waals surface area contributed by atoms with Crippen molar-refractivity contribution in [2.24, 2.45) is 0 Å². The number of aromatic nitrogens is 1. The molecule has 0 N–H and O–H groups in total. The molecule has 2 aromatic heterocycles. The summed E-state index contributed by atoms with van der Waals surface area (Å²) < 4.78 is 6.41. The molecular formula is C32H23NO. The Morgan fingerprint density at radius 2 is 1.41 bits per heavy atom. The fourth-order valence-electron chi connectivity index (χ4n) is 5.57. The first-order valence-electron chi connectivity index (χ1n) is 11.7. The molecule has 0 radical (unpaired) electrons. The van der Waals surface area contributed by atoms with Gasteiger partial charge in [-0.2, -0.15) is 0 Å². The van der Waals surface area contributed by atoms with Crippen LogP contribution in [0, 0.1) is 0 Å². The Kier molecular flexibility index (Phi) is 3.93. The quantitative estimate of drug-likeness (QED) is 0.271. The molecule has 1 aliphatic carbocycles. The SMILES string of the molecule is CC1(C)c2cc(-c3ccc(-c4cccnc4)cc3)ccc2-c2c1ccc1c2oc2ccccc21. The standard InChI is InChI=1S/C32H23NO/c1-32(2)27-16-15-25-24-7-3-4-8-29(24)34-31(25)30(27)26-14-13-22(18-28(26)32)20-9-11-21(12-10-20)23-6-5-17-33-19-23/h3-19H,1-2H3. The molecule has 34 heavy (non-hydrogen) atoms. The van der Waals surface area contributed by atoms with Gasteiger partial charge in [0.15, 0.2) is 0 Å². The van der Waals surface area contributed by atoms with E-state index in [2.05, 4.69) is 97.7 Å². The number of benzene rings is 4. The molecule has 0 spiro atoms. The maximum Gasteiger partial charge on any atom is 0.143 e. The Bertz CT molecular complexity index is 1710. The first-order valence-corrected chi connectivity index (χ1v) is 11.7. The molecule has 4 aromatic carbocycles.